The van der Waals surface area contributed by atoms with E-state index in [9.17, 15) is 4.79 Å². The van der Waals surface area contributed by atoms with Crippen LogP contribution >= 0.6 is 0 Å². The molecule has 1 atom stereocenters. The van der Waals surface area contributed by atoms with E-state index in [2.05, 4.69) is 5.32 Å². The van der Waals surface area contributed by atoms with Gasteiger partial charge in [0, 0.05) is 20.6 Å². The SMILES string of the molecule is CC(O)CNCC(=O)N(C)C. The van der Waals surface area contributed by atoms with Crippen LogP contribution in [0.15, 0.2) is 0 Å². The molecule has 1 unspecified atom stereocenters. The van der Waals surface area contributed by atoms with Crippen molar-refractivity contribution in [1.82, 2.24) is 10.2 Å². The molecule has 0 aliphatic carbocycles. The molecule has 0 aromatic carbocycles. The van der Waals surface area contributed by atoms with Gasteiger partial charge < -0.3 is 15.3 Å². The standard InChI is InChI=1S/C7H16N2O2/c1-6(10)4-8-5-7(11)9(2)3/h6,8,10H,4-5H2,1-3H3. The molecular weight excluding hydrogens is 144 g/mol. The van der Waals surface area contributed by atoms with Gasteiger partial charge in [-0.25, -0.2) is 0 Å². The molecule has 4 heteroatoms. The van der Waals surface area contributed by atoms with Crippen molar-refractivity contribution in [2.45, 2.75) is 13.0 Å². The van der Waals surface area contributed by atoms with Crippen LogP contribution in [0.4, 0.5) is 0 Å². The van der Waals surface area contributed by atoms with E-state index < -0.39 is 6.10 Å². The fourth-order valence-electron chi connectivity index (χ4n) is 0.546. The highest BCUT2D eigenvalue weighted by Crippen LogP contribution is 1.77. The summed E-state index contributed by atoms with van der Waals surface area (Å²) in [6, 6.07) is 0. The van der Waals surface area contributed by atoms with E-state index in [4.69, 9.17) is 5.11 Å². The van der Waals surface area contributed by atoms with Crippen LogP contribution in [0.25, 0.3) is 0 Å². The second-order valence-corrected chi connectivity index (χ2v) is 2.77. The number of hydrogen-bond acceptors (Lipinski definition) is 3. The summed E-state index contributed by atoms with van der Waals surface area (Å²) in [6.07, 6.45) is -0.398. The molecule has 0 aliphatic rings. The first-order valence-electron chi connectivity index (χ1n) is 3.63. The number of hydrogen-bond donors (Lipinski definition) is 2. The Labute approximate surface area is 67.2 Å². The average molecular weight is 160 g/mol. The third-order valence-electron chi connectivity index (χ3n) is 1.21. The normalized spacial score (nSPS) is 12.7. The van der Waals surface area contributed by atoms with E-state index >= 15 is 0 Å². The molecule has 0 saturated carbocycles. The lowest BCUT2D eigenvalue weighted by Crippen LogP contribution is -2.35. The lowest BCUT2D eigenvalue weighted by atomic mass is 10.4. The number of rotatable bonds is 4. The predicted molar refractivity (Wildman–Crippen MR) is 43.2 cm³/mol. The largest absolute Gasteiger partial charge is 0.392 e. The van der Waals surface area contributed by atoms with Gasteiger partial charge in [0.05, 0.1) is 12.6 Å². The highest BCUT2D eigenvalue weighted by molar-refractivity contribution is 5.77. The van der Waals surface area contributed by atoms with Crippen molar-refractivity contribution in [2.75, 3.05) is 27.2 Å². The Morgan fingerprint density at radius 1 is 1.64 bits per heavy atom. The van der Waals surface area contributed by atoms with Gasteiger partial charge in [-0.3, -0.25) is 4.79 Å². The Kier molecular flexibility index (Phi) is 4.81. The summed E-state index contributed by atoms with van der Waals surface area (Å²) in [6.45, 7) is 2.42. The minimum absolute atomic E-state index is 0.0191. The smallest absolute Gasteiger partial charge is 0.236 e. The Balaban J connectivity index is 3.32. The predicted octanol–water partition coefficient (Wildman–Crippen LogP) is -0.955. The zero-order chi connectivity index (χ0) is 8.85. The maximum absolute atomic E-state index is 10.9. The van der Waals surface area contributed by atoms with E-state index in [1.807, 2.05) is 0 Å². The van der Waals surface area contributed by atoms with Gasteiger partial charge >= 0.3 is 0 Å². The van der Waals surface area contributed by atoms with Crippen LogP contribution in [-0.2, 0) is 4.79 Å². The van der Waals surface area contributed by atoms with Crippen molar-refractivity contribution in [3.63, 3.8) is 0 Å². The number of aliphatic hydroxyl groups excluding tert-OH is 1. The maximum Gasteiger partial charge on any atom is 0.236 e. The van der Waals surface area contributed by atoms with Crippen LogP contribution < -0.4 is 5.32 Å². The third kappa shape index (κ3) is 5.82. The second kappa shape index (κ2) is 5.09. The Hall–Kier alpha value is -0.610. The Bertz CT molecular complexity index is 124. The van der Waals surface area contributed by atoms with Crippen molar-refractivity contribution in [2.24, 2.45) is 0 Å². The maximum atomic E-state index is 10.9. The van der Waals surface area contributed by atoms with E-state index in [0.717, 1.165) is 0 Å². The van der Waals surface area contributed by atoms with Crippen molar-refractivity contribution < 1.29 is 9.90 Å². The summed E-state index contributed by atoms with van der Waals surface area (Å²) in [5, 5.41) is 11.6. The monoisotopic (exact) mass is 160 g/mol. The van der Waals surface area contributed by atoms with E-state index in [-0.39, 0.29) is 12.5 Å². The number of carbonyl (C=O) groups excluding carboxylic acids is 1. The zero-order valence-corrected chi connectivity index (χ0v) is 7.29. The van der Waals surface area contributed by atoms with Gasteiger partial charge in [-0.05, 0) is 6.92 Å². The molecule has 0 saturated heterocycles. The van der Waals surface area contributed by atoms with E-state index in [1.54, 1.807) is 21.0 Å². The molecule has 66 valence electrons. The number of nitrogens with zero attached hydrogens (tertiary/aromatic N) is 1. The summed E-state index contributed by atoms with van der Waals surface area (Å²) in [5.74, 6) is 0.0191. The molecule has 0 aromatic heterocycles. The Morgan fingerprint density at radius 3 is 2.55 bits per heavy atom. The number of aliphatic hydroxyl groups is 1. The molecular formula is C7H16N2O2. The first-order chi connectivity index (χ1) is 5.04. The van der Waals surface area contributed by atoms with Crippen LogP contribution in [-0.4, -0.2) is 49.2 Å². The number of amides is 1. The summed E-state index contributed by atoms with van der Waals surface area (Å²) in [5.41, 5.74) is 0. The van der Waals surface area contributed by atoms with Crippen LogP contribution in [0.2, 0.25) is 0 Å². The number of carbonyl (C=O) groups is 1. The van der Waals surface area contributed by atoms with Crippen molar-refractivity contribution >= 4 is 5.91 Å². The molecule has 0 bridgehead atoms. The molecule has 4 nitrogen and oxygen atoms in total. The Morgan fingerprint density at radius 2 is 2.18 bits per heavy atom. The van der Waals surface area contributed by atoms with E-state index in [0.29, 0.717) is 6.54 Å². The van der Waals surface area contributed by atoms with Crippen LogP contribution in [0.5, 0.6) is 0 Å². The number of nitrogens with one attached hydrogen (secondary N) is 1. The molecule has 0 rings (SSSR count). The molecule has 0 heterocycles. The van der Waals surface area contributed by atoms with E-state index in [1.165, 1.54) is 4.90 Å². The summed E-state index contributed by atoms with van der Waals surface area (Å²) >= 11 is 0. The van der Waals surface area contributed by atoms with Crippen LogP contribution in [0.3, 0.4) is 0 Å². The average Bonchev–Trinajstić information content (AvgIpc) is 1.86. The van der Waals surface area contributed by atoms with Gasteiger partial charge in [-0.1, -0.05) is 0 Å². The quantitative estimate of drug-likeness (QED) is 0.557. The van der Waals surface area contributed by atoms with Crippen molar-refractivity contribution in [1.29, 1.82) is 0 Å². The second-order valence-electron chi connectivity index (χ2n) is 2.77. The summed E-state index contributed by atoms with van der Waals surface area (Å²) < 4.78 is 0. The first-order valence-corrected chi connectivity index (χ1v) is 3.63. The van der Waals surface area contributed by atoms with Gasteiger partial charge in [0.1, 0.15) is 0 Å². The zero-order valence-electron chi connectivity index (χ0n) is 7.29. The molecule has 0 aromatic rings. The minimum atomic E-state index is -0.398. The summed E-state index contributed by atoms with van der Waals surface area (Å²) in [4.78, 5) is 12.4. The molecule has 0 fully saturated rings. The molecule has 11 heavy (non-hydrogen) atoms. The topological polar surface area (TPSA) is 52.6 Å². The minimum Gasteiger partial charge on any atom is -0.392 e. The third-order valence-corrected chi connectivity index (χ3v) is 1.21. The van der Waals surface area contributed by atoms with Crippen LogP contribution in [0, 0.1) is 0 Å². The molecule has 0 aliphatic heterocycles. The highest BCUT2D eigenvalue weighted by Gasteiger charge is 2.02. The van der Waals surface area contributed by atoms with Crippen LogP contribution in [0.1, 0.15) is 6.92 Å². The first kappa shape index (κ1) is 10.4. The highest BCUT2D eigenvalue weighted by atomic mass is 16.3. The van der Waals surface area contributed by atoms with Gasteiger partial charge in [-0.15, -0.1) is 0 Å². The van der Waals surface area contributed by atoms with Gasteiger partial charge in [0.2, 0.25) is 5.91 Å². The lowest BCUT2D eigenvalue weighted by Gasteiger charge is -2.11. The molecule has 0 radical (unpaired) electrons. The van der Waals surface area contributed by atoms with Gasteiger partial charge in [0.25, 0.3) is 0 Å². The fraction of sp³-hybridized carbons (Fsp3) is 0.857. The van der Waals surface area contributed by atoms with Gasteiger partial charge in [-0.2, -0.15) is 0 Å². The molecule has 0 spiro atoms. The van der Waals surface area contributed by atoms with Crippen molar-refractivity contribution in [3.05, 3.63) is 0 Å². The molecule has 2 N–H and O–H groups in total. The van der Waals surface area contributed by atoms with Crippen molar-refractivity contribution in [3.8, 4) is 0 Å². The molecule has 1 amide bonds. The summed E-state index contributed by atoms with van der Waals surface area (Å²) in [7, 11) is 3.40. The lowest BCUT2D eigenvalue weighted by molar-refractivity contribution is -0.127. The fourth-order valence-corrected chi connectivity index (χ4v) is 0.546. The number of likely N-dealkylation sites (N-methyl/N-ethyl adjacent to an activating group) is 1. The van der Waals surface area contributed by atoms with Gasteiger partial charge in [0.15, 0.2) is 0 Å².